The van der Waals surface area contributed by atoms with Gasteiger partial charge in [0.25, 0.3) is 5.91 Å². The molecule has 2 heterocycles. The summed E-state index contributed by atoms with van der Waals surface area (Å²) < 4.78 is 14.9. The van der Waals surface area contributed by atoms with E-state index in [0.29, 0.717) is 23.5 Å². The van der Waals surface area contributed by atoms with E-state index in [1.165, 1.54) is 14.2 Å². The number of nitrogens with one attached hydrogen (secondary N) is 1. The molecule has 1 aliphatic carbocycles. The van der Waals surface area contributed by atoms with E-state index in [1.807, 2.05) is 42.2 Å². The predicted molar refractivity (Wildman–Crippen MR) is 127 cm³/mol. The maximum Gasteiger partial charge on any atom is 0.259 e. The van der Waals surface area contributed by atoms with Gasteiger partial charge in [-0.2, -0.15) is 5.10 Å². The summed E-state index contributed by atoms with van der Waals surface area (Å²) in [5, 5.41) is 17.3. The number of hydrogen-bond donors (Lipinski definition) is 2. The fourth-order valence-electron chi connectivity index (χ4n) is 4.58. The monoisotopic (exact) mass is 461 g/mol. The molecule has 34 heavy (non-hydrogen) atoms. The quantitative estimate of drug-likeness (QED) is 0.457. The molecule has 0 bridgehead atoms. The number of rotatable bonds is 6. The Morgan fingerprint density at radius 1 is 1.12 bits per heavy atom. The van der Waals surface area contributed by atoms with Gasteiger partial charge in [-0.05, 0) is 37.0 Å². The smallest absolute Gasteiger partial charge is 0.259 e. The molecule has 0 saturated heterocycles. The van der Waals surface area contributed by atoms with Crippen molar-refractivity contribution in [1.29, 1.82) is 0 Å². The highest BCUT2D eigenvalue weighted by atomic mass is 16.5. The SMILES string of the molecule is COc1cc(-n2cnc3cc(-c4cnn(C)c4)ccc32)cc(OC)c1C(=O)N[C@H]1CCC[C@@H]1O. The molecule has 0 radical (unpaired) electrons. The summed E-state index contributed by atoms with van der Waals surface area (Å²) in [6, 6.07) is 9.36. The Labute approximate surface area is 196 Å². The Bertz CT molecular complexity index is 1330. The minimum atomic E-state index is -0.533. The predicted octanol–water partition coefficient (Wildman–Crippen LogP) is 3.09. The zero-order chi connectivity index (χ0) is 23.8. The van der Waals surface area contributed by atoms with E-state index in [9.17, 15) is 9.90 Å². The summed E-state index contributed by atoms with van der Waals surface area (Å²) in [6.45, 7) is 0. The van der Waals surface area contributed by atoms with Crippen LogP contribution in [0.25, 0.3) is 27.8 Å². The highest BCUT2D eigenvalue weighted by Crippen LogP contribution is 2.34. The number of carbonyl (C=O) groups is 1. The van der Waals surface area contributed by atoms with Crippen LogP contribution in [0.4, 0.5) is 0 Å². The van der Waals surface area contributed by atoms with Crippen LogP contribution in [0.2, 0.25) is 0 Å². The topological polar surface area (TPSA) is 103 Å². The number of carbonyl (C=O) groups excluding carboxylic acids is 1. The third-order valence-electron chi connectivity index (χ3n) is 6.38. The number of fused-ring (bicyclic) bond motifs is 1. The maximum absolute atomic E-state index is 13.1. The highest BCUT2D eigenvalue weighted by Gasteiger charge is 2.29. The van der Waals surface area contributed by atoms with Gasteiger partial charge in [-0.15, -0.1) is 0 Å². The van der Waals surface area contributed by atoms with Crippen molar-refractivity contribution in [2.24, 2.45) is 7.05 Å². The van der Waals surface area contributed by atoms with Crippen LogP contribution in [0.3, 0.4) is 0 Å². The Balaban J connectivity index is 1.52. The molecule has 5 rings (SSSR count). The number of methoxy groups -OCH3 is 2. The molecule has 0 spiro atoms. The minimum Gasteiger partial charge on any atom is -0.496 e. The maximum atomic E-state index is 13.1. The molecule has 2 aromatic carbocycles. The van der Waals surface area contributed by atoms with Crippen molar-refractivity contribution in [3.05, 3.63) is 54.6 Å². The lowest BCUT2D eigenvalue weighted by molar-refractivity contribution is 0.0867. The minimum absolute atomic E-state index is 0.270. The van der Waals surface area contributed by atoms with Crippen molar-refractivity contribution < 1.29 is 19.4 Å². The first-order valence-electron chi connectivity index (χ1n) is 11.2. The van der Waals surface area contributed by atoms with E-state index in [0.717, 1.165) is 40.7 Å². The van der Waals surface area contributed by atoms with Crippen molar-refractivity contribution >= 4 is 16.9 Å². The van der Waals surface area contributed by atoms with Crippen molar-refractivity contribution in [2.45, 2.75) is 31.4 Å². The molecule has 4 aromatic rings. The van der Waals surface area contributed by atoms with Gasteiger partial charge in [0.2, 0.25) is 0 Å². The van der Waals surface area contributed by atoms with E-state index in [1.54, 1.807) is 23.1 Å². The number of amides is 1. The van der Waals surface area contributed by atoms with Gasteiger partial charge in [0, 0.05) is 30.9 Å². The Kier molecular flexibility index (Phi) is 5.70. The fourth-order valence-corrected chi connectivity index (χ4v) is 4.58. The second kappa shape index (κ2) is 8.83. The molecule has 1 saturated carbocycles. The second-order valence-corrected chi connectivity index (χ2v) is 8.52. The molecule has 1 fully saturated rings. The van der Waals surface area contributed by atoms with Gasteiger partial charge < -0.3 is 19.9 Å². The van der Waals surface area contributed by atoms with Crippen molar-refractivity contribution in [1.82, 2.24) is 24.6 Å². The first-order valence-corrected chi connectivity index (χ1v) is 11.2. The van der Waals surface area contributed by atoms with Crippen LogP contribution in [0.1, 0.15) is 29.6 Å². The van der Waals surface area contributed by atoms with Crippen LogP contribution in [0, 0.1) is 0 Å². The molecule has 9 nitrogen and oxygen atoms in total. The molecule has 176 valence electrons. The normalized spacial score (nSPS) is 17.8. The summed E-state index contributed by atoms with van der Waals surface area (Å²) >= 11 is 0. The Morgan fingerprint density at radius 3 is 2.50 bits per heavy atom. The van der Waals surface area contributed by atoms with E-state index in [4.69, 9.17) is 9.47 Å². The van der Waals surface area contributed by atoms with Gasteiger partial charge in [-0.25, -0.2) is 4.98 Å². The standard InChI is InChI=1S/C25H27N5O4/c1-29-13-16(12-27-29)15-7-8-20-19(9-15)26-14-30(20)17-10-22(33-2)24(23(11-17)34-3)25(32)28-18-5-4-6-21(18)31/h7-14,18,21,31H,4-6H2,1-3H3,(H,28,32)/t18-,21-/m0/s1. The number of aromatic nitrogens is 4. The van der Waals surface area contributed by atoms with E-state index in [-0.39, 0.29) is 11.9 Å². The first kappa shape index (κ1) is 22.0. The van der Waals surface area contributed by atoms with Gasteiger partial charge in [0.05, 0.1) is 49.3 Å². The zero-order valence-electron chi connectivity index (χ0n) is 19.4. The van der Waals surface area contributed by atoms with Crippen LogP contribution in [0.5, 0.6) is 11.5 Å². The second-order valence-electron chi connectivity index (χ2n) is 8.52. The number of aliphatic hydroxyl groups is 1. The van der Waals surface area contributed by atoms with Gasteiger partial charge in [0.15, 0.2) is 0 Å². The molecule has 9 heteroatoms. The summed E-state index contributed by atoms with van der Waals surface area (Å²) in [5.41, 5.74) is 4.84. The summed E-state index contributed by atoms with van der Waals surface area (Å²) in [6.07, 6.45) is 7.31. The number of hydrogen-bond acceptors (Lipinski definition) is 6. The van der Waals surface area contributed by atoms with Crippen molar-refractivity contribution in [3.63, 3.8) is 0 Å². The third-order valence-corrected chi connectivity index (χ3v) is 6.38. The number of benzene rings is 2. The molecule has 1 amide bonds. The van der Waals surface area contributed by atoms with Gasteiger partial charge in [0.1, 0.15) is 23.4 Å². The highest BCUT2D eigenvalue weighted by molar-refractivity contribution is 6.00. The van der Waals surface area contributed by atoms with Crippen LogP contribution in [0.15, 0.2) is 49.1 Å². The zero-order valence-corrected chi connectivity index (χ0v) is 19.4. The molecular weight excluding hydrogens is 434 g/mol. The molecule has 2 atom stereocenters. The lowest BCUT2D eigenvalue weighted by atomic mass is 10.1. The first-order chi connectivity index (χ1) is 16.5. The molecular formula is C25H27N5O4. The molecule has 0 aliphatic heterocycles. The largest absolute Gasteiger partial charge is 0.496 e. The molecule has 1 aliphatic rings. The Morgan fingerprint density at radius 2 is 1.88 bits per heavy atom. The third kappa shape index (κ3) is 3.88. The van der Waals surface area contributed by atoms with Crippen LogP contribution in [-0.4, -0.2) is 56.7 Å². The number of aryl methyl sites for hydroxylation is 1. The average Bonchev–Trinajstić information content (AvgIpc) is 3.57. The van der Waals surface area contributed by atoms with E-state index >= 15 is 0 Å². The number of imidazole rings is 1. The number of nitrogens with zero attached hydrogens (tertiary/aromatic N) is 4. The van der Waals surface area contributed by atoms with Crippen LogP contribution < -0.4 is 14.8 Å². The molecule has 2 aromatic heterocycles. The number of aliphatic hydroxyl groups excluding tert-OH is 1. The fraction of sp³-hybridized carbons (Fsp3) is 0.320. The molecule has 0 unspecified atom stereocenters. The van der Waals surface area contributed by atoms with Gasteiger partial charge in [-0.3, -0.25) is 14.0 Å². The van der Waals surface area contributed by atoms with Crippen LogP contribution in [-0.2, 0) is 7.05 Å². The lowest BCUT2D eigenvalue weighted by Crippen LogP contribution is -2.40. The average molecular weight is 462 g/mol. The van der Waals surface area contributed by atoms with Gasteiger partial charge >= 0.3 is 0 Å². The summed E-state index contributed by atoms with van der Waals surface area (Å²) in [5.74, 6) is 0.434. The van der Waals surface area contributed by atoms with Gasteiger partial charge in [-0.1, -0.05) is 6.07 Å². The van der Waals surface area contributed by atoms with Crippen molar-refractivity contribution in [3.8, 4) is 28.3 Å². The van der Waals surface area contributed by atoms with E-state index in [2.05, 4.69) is 15.4 Å². The van der Waals surface area contributed by atoms with Crippen molar-refractivity contribution in [2.75, 3.05) is 14.2 Å². The van der Waals surface area contributed by atoms with Crippen LogP contribution >= 0.6 is 0 Å². The summed E-state index contributed by atoms with van der Waals surface area (Å²) in [4.78, 5) is 17.7. The number of ether oxygens (including phenoxy) is 2. The lowest BCUT2D eigenvalue weighted by Gasteiger charge is -2.20. The molecule has 2 N–H and O–H groups in total. The Hall–Kier alpha value is -3.85. The summed E-state index contributed by atoms with van der Waals surface area (Å²) in [7, 11) is 4.93. The van der Waals surface area contributed by atoms with E-state index < -0.39 is 6.10 Å².